The predicted octanol–water partition coefficient (Wildman–Crippen LogP) is 6.29. The second-order valence-corrected chi connectivity index (χ2v) is 9.91. The van der Waals surface area contributed by atoms with Crippen LogP contribution in [-0.4, -0.2) is 20.1 Å². The summed E-state index contributed by atoms with van der Waals surface area (Å²) < 4.78 is 33.6. The highest BCUT2D eigenvalue weighted by Gasteiger charge is 2.33. The summed E-state index contributed by atoms with van der Waals surface area (Å²) in [5.74, 6) is -0.688. The Morgan fingerprint density at radius 1 is 0.939 bits per heavy atom. The van der Waals surface area contributed by atoms with E-state index in [0.29, 0.717) is 31.6 Å². The highest BCUT2D eigenvalue weighted by Crippen LogP contribution is 2.34. The molecule has 0 unspecified atom stereocenters. The van der Waals surface area contributed by atoms with E-state index in [9.17, 15) is 18.0 Å². The van der Waals surface area contributed by atoms with Crippen molar-refractivity contribution in [3.05, 3.63) is 93.7 Å². The third-order valence-corrected chi connectivity index (χ3v) is 7.38. The molecule has 0 radical (unpaired) electrons. The molecule has 0 saturated carbocycles. The van der Waals surface area contributed by atoms with Gasteiger partial charge >= 0.3 is 0 Å². The summed E-state index contributed by atoms with van der Waals surface area (Å²) in [6, 6.07) is 16.0. The van der Waals surface area contributed by atoms with Crippen LogP contribution >= 0.6 is 23.2 Å². The number of fused-ring (bicyclic) bond motifs is 1. The van der Waals surface area contributed by atoms with Crippen LogP contribution in [0.5, 0.6) is 0 Å². The number of furan rings is 1. The number of benzene rings is 3. The molecule has 0 saturated heterocycles. The van der Waals surface area contributed by atoms with E-state index in [4.69, 9.17) is 27.6 Å². The number of carbonyl (C=O) groups is 2. The summed E-state index contributed by atoms with van der Waals surface area (Å²) in [5.41, 5.74) is 0.758. The van der Waals surface area contributed by atoms with Crippen LogP contribution in [0.2, 0.25) is 10.0 Å². The molecule has 168 valence electrons. The summed E-state index contributed by atoms with van der Waals surface area (Å²) in [6.45, 7) is 3.04. The molecule has 0 N–H and O–H groups in total. The Kier molecular flexibility index (Phi) is 6.05. The van der Waals surface area contributed by atoms with Crippen molar-refractivity contribution in [3.63, 3.8) is 0 Å². The Bertz CT molecular complexity index is 1510. The standard InChI is InChI=1S/C24H17Cl2NO5S/c1-14(28)23-15(2)32-22-12-9-17(13-20(22)23)27(24(29)19-5-3-4-6-21(19)26)33(30,31)18-10-7-16(25)8-11-18/h3-13H,1-2H3. The number of ketones is 1. The minimum atomic E-state index is -4.38. The van der Waals surface area contributed by atoms with Gasteiger partial charge in [-0.15, -0.1) is 0 Å². The van der Waals surface area contributed by atoms with E-state index in [-0.39, 0.29) is 27.0 Å². The molecule has 0 bridgehead atoms. The number of halogens is 2. The molecule has 9 heteroatoms. The first-order valence-electron chi connectivity index (χ1n) is 9.75. The van der Waals surface area contributed by atoms with Crippen molar-refractivity contribution >= 4 is 61.6 Å². The fourth-order valence-corrected chi connectivity index (χ4v) is 5.33. The fraction of sp³-hybridized carbons (Fsp3) is 0.0833. The minimum absolute atomic E-state index is 0.00645. The van der Waals surface area contributed by atoms with Gasteiger partial charge in [-0.05, 0) is 68.4 Å². The van der Waals surface area contributed by atoms with Crippen LogP contribution in [-0.2, 0) is 10.0 Å². The molecule has 0 atom stereocenters. The van der Waals surface area contributed by atoms with Gasteiger partial charge in [0.25, 0.3) is 15.9 Å². The quantitative estimate of drug-likeness (QED) is 0.300. The SMILES string of the molecule is CC(=O)c1c(C)oc2ccc(N(C(=O)c3ccccc3Cl)S(=O)(=O)c3ccc(Cl)cc3)cc12. The molecular formula is C24H17Cl2NO5S. The molecule has 1 aromatic heterocycles. The number of Topliss-reactive ketones (excluding diaryl/α,β-unsaturated/α-hetero) is 1. The summed E-state index contributed by atoms with van der Waals surface area (Å²) in [4.78, 5) is 25.6. The zero-order valence-corrected chi connectivity index (χ0v) is 19.8. The largest absolute Gasteiger partial charge is 0.461 e. The number of aryl methyl sites for hydroxylation is 1. The molecule has 0 aliphatic rings. The van der Waals surface area contributed by atoms with Gasteiger partial charge in [-0.3, -0.25) is 9.59 Å². The van der Waals surface area contributed by atoms with E-state index in [2.05, 4.69) is 0 Å². The Morgan fingerprint density at radius 2 is 1.61 bits per heavy atom. The molecular weight excluding hydrogens is 485 g/mol. The van der Waals surface area contributed by atoms with Crippen molar-refractivity contribution in [3.8, 4) is 0 Å². The van der Waals surface area contributed by atoms with Crippen molar-refractivity contribution in [2.75, 3.05) is 4.31 Å². The molecule has 0 aliphatic heterocycles. The molecule has 4 aromatic rings. The van der Waals surface area contributed by atoms with E-state index >= 15 is 0 Å². The van der Waals surface area contributed by atoms with Crippen LogP contribution in [0.3, 0.4) is 0 Å². The van der Waals surface area contributed by atoms with Gasteiger partial charge in [0.1, 0.15) is 11.3 Å². The Morgan fingerprint density at radius 3 is 2.24 bits per heavy atom. The van der Waals surface area contributed by atoms with Gasteiger partial charge < -0.3 is 4.42 Å². The van der Waals surface area contributed by atoms with Gasteiger partial charge in [-0.1, -0.05) is 35.3 Å². The number of nitrogens with zero attached hydrogens (tertiary/aromatic N) is 1. The zero-order chi connectivity index (χ0) is 23.9. The smallest absolute Gasteiger partial charge is 0.273 e. The number of rotatable bonds is 5. The molecule has 3 aromatic carbocycles. The topological polar surface area (TPSA) is 84.7 Å². The van der Waals surface area contributed by atoms with Gasteiger partial charge in [-0.2, -0.15) is 4.31 Å². The van der Waals surface area contributed by atoms with Crippen molar-refractivity contribution in [1.82, 2.24) is 0 Å². The van der Waals surface area contributed by atoms with Crippen LogP contribution in [0.4, 0.5) is 5.69 Å². The van der Waals surface area contributed by atoms with E-state index in [1.165, 1.54) is 61.5 Å². The molecule has 6 nitrogen and oxygen atoms in total. The van der Waals surface area contributed by atoms with Crippen LogP contribution in [0.15, 0.2) is 76.0 Å². The van der Waals surface area contributed by atoms with Crippen LogP contribution in [0, 0.1) is 6.92 Å². The van der Waals surface area contributed by atoms with E-state index < -0.39 is 15.9 Å². The van der Waals surface area contributed by atoms with Gasteiger partial charge in [0, 0.05) is 10.4 Å². The second-order valence-electron chi connectivity index (χ2n) is 7.28. The monoisotopic (exact) mass is 501 g/mol. The first kappa shape index (κ1) is 23.0. The number of sulfonamides is 1. The lowest BCUT2D eigenvalue weighted by Gasteiger charge is -2.23. The highest BCUT2D eigenvalue weighted by atomic mass is 35.5. The summed E-state index contributed by atoms with van der Waals surface area (Å²) >= 11 is 12.1. The number of anilines is 1. The highest BCUT2D eigenvalue weighted by molar-refractivity contribution is 7.93. The summed E-state index contributed by atoms with van der Waals surface area (Å²) in [5, 5.41) is 0.851. The van der Waals surface area contributed by atoms with E-state index in [0.717, 1.165) is 0 Å². The van der Waals surface area contributed by atoms with Crippen molar-refractivity contribution in [2.45, 2.75) is 18.7 Å². The second kappa shape index (κ2) is 8.67. The van der Waals surface area contributed by atoms with Gasteiger partial charge in [0.05, 0.1) is 26.7 Å². The maximum atomic E-state index is 13.7. The van der Waals surface area contributed by atoms with Crippen molar-refractivity contribution in [2.24, 2.45) is 0 Å². The lowest BCUT2D eigenvalue weighted by Crippen LogP contribution is -2.37. The van der Waals surface area contributed by atoms with E-state index in [1.54, 1.807) is 19.1 Å². The van der Waals surface area contributed by atoms with Gasteiger partial charge in [0.15, 0.2) is 5.78 Å². The third kappa shape index (κ3) is 4.15. The van der Waals surface area contributed by atoms with E-state index in [1.807, 2.05) is 0 Å². The molecule has 1 heterocycles. The summed E-state index contributed by atoms with van der Waals surface area (Å²) in [6.07, 6.45) is 0. The Balaban J connectivity index is 1.98. The molecule has 1 amide bonds. The maximum absolute atomic E-state index is 13.7. The van der Waals surface area contributed by atoms with Crippen LogP contribution < -0.4 is 4.31 Å². The first-order valence-corrected chi connectivity index (χ1v) is 11.9. The van der Waals surface area contributed by atoms with Gasteiger partial charge in [0.2, 0.25) is 0 Å². The van der Waals surface area contributed by atoms with Crippen molar-refractivity contribution < 1.29 is 22.4 Å². The van der Waals surface area contributed by atoms with Crippen LogP contribution in [0.1, 0.15) is 33.4 Å². The lowest BCUT2D eigenvalue weighted by atomic mass is 10.1. The molecule has 0 spiro atoms. The maximum Gasteiger partial charge on any atom is 0.273 e. The predicted molar refractivity (Wildman–Crippen MR) is 128 cm³/mol. The third-order valence-electron chi connectivity index (χ3n) is 5.07. The number of carbonyl (C=O) groups excluding carboxylic acids is 2. The molecule has 0 aliphatic carbocycles. The number of amides is 1. The molecule has 4 rings (SSSR count). The molecule has 0 fully saturated rings. The summed E-state index contributed by atoms with van der Waals surface area (Å²) in [7, 11) is -4.38. The Labute approximate surface area is 200 Å². The van der Waals surface area contributed by atoms with Crippen LogP contribution in [0.25, 0.3) is 11.0 Å². The first-order chi connectivity index (χ1) is 15.6. The lowest BCUT2D eigenvalue weighted by molar-refractivity contribution is 0.100. The number of hydrogen-bond acceptors (Lipinski definition) is 5. The molecule has 33 heavy (non-hydrogen) atoms. The van der Waals surface area contributed by atoms with Gasteiger partial charge in [-0.25, -0.2) is 8.42 Å². The number of hydrogen-bond donors (Lipinski definition) is 0. The normalized spacial score (nSPS) is 11.5. The average Bonchev–Trinajstić information content (AvgIpc) is 3.09. The minimum Gasteiger partial charge on any atom is -0.461 e. The fourth-order valence-electron chi connectivity index (χ4n) is 3.59. The average molecular weight is 502 g/mol. The van der Waals surface area contributed by atoms with Crippen molar-refractivity contribution in [1.29, 1.82) is 0 Å². The Hall–Kier alpha value is -3.13. The zero-order valence-electron chi connectivity index (χ0n) is 17.5.